The SMILES string of the molecule is COc1ccc(CCC(=O)N2CCCC2)cc1. The van der Waals surface area contributed by atoms with Crippen molar-refractivity contribution < 1.29 is 9.53 Å². The summed E-state index contributed by atoms with van der Waals surface area (Å²) < 4.78 is 5.10. The molecule has 1 heterocycles. The van der Waals surface area contributed by atoms with Crippen molar-refractivity contribution in [1.29, 1.82) is 0 Å². The van der Waals surface area contributed by atoms with Gasteiger partial charge in [0.1, 0.15) is 5.75 Å². The number of methoxy groups -OCH3 is 1. The first-order chi connectivity index (χ1) is 8.29. The summed E-state index contributed by atoms with van der Waals surface area (Å²) in [5, 5.41) is 0. The van der Waals surface area contributed by atoms with Gasteiger partial charge in [-0.25, -0.2) is 0 Å². The second kappa shape index (κ2) is 5.71. The van der Waals surface area contributed by atoms with Crippen molar-refractivity contribution in [3.05, 3.63) is 29.8 Å². The van der Waals surface area contributed by atoms with Gasteiger partial charge in [0.25, 0.3) is 0 Å². The lowest BCUT2D eigenvalue weighted by Crippen LogP contribution is -2.27. The molecule has 1 saturated heterocycles. The van der Waals surface area contributed by atoms with Crippen LogP contribution in [0.1, 0.15) is 24.8 Å². The third kappa shape index (κ3) is 3.22. The van der Waals surface area contributed by atoms with Gasteiger partial charge in [-0.05, 0) is 37.0 Å². The Bertz CT molecular complexity index is 366. The van der Waals surface area contributed by atoms with E-state index < -0.39 is 0 Å². The Morgan fingerprint density at radius 3 is 2.47 bits per heavy atom. The molecule has 3 nitrogen and oxygen atoms in total. The monoisotopic (exact) mass is 233 g/mol. The lowest BCUT2D eigenvalue weighted by atomic mass is 10.1. The third-order valence-electron chi connectivity index (χ3n) is 3.25. The fourth-order valence-corrected chi connectivity index (χ4v) is 2.17. The molecule has 0 unspecified atom stereocenters. The van der Waals surface area contributed by atoms with Gasteiger partial charge < -0.3 is 9.64 Å². The van der Waals surface area contributed by atoms with Crippen molar-refractivity contribution in [2.45, 2.75) is 25.7 Å². The molecule has 92 valence electrons. The fourth-order valence-electron chi connectivity index (χ4n) is 2.17. The van der Waals surface area contributed by atoms with Crippen LogP contribution in [0.15, 0.2) is 24.3 Å². The number of nitrogens with zero attached hydrogens (tertiary/aromatic N) is 1. The Hall–Kier alpha value is -1.51. The van der Waals surface area contributed by atoms with Crippen LogP contribution in [0, 0.1) is 0 Å². The van der Waals surface area contributed by atoms with E-state index in [-0.39, 0.29) is 0 Å². The average molecular weight is 233 g/mol. The summed E-state index contributed by atoms with van der Waals surface area (Å²) in [6, 6.07) is 7.93. The molecule has 0 radical (unpaired) electrons. The molecule has 0 spiro atoms. The average Bonchev–Trinajstić information content (AvgIpc) is 2.90. The van der Waals surface area contributed by atoms with Crippen LogP contribution in [0.4, 0.5) is 0 Å². The summed E-state index contributed by atoms with van der Waals surface area (Å²) in [6.07, 6.45) is 3.76. The maximum atomic E-state index is 11.8. The molecule has 17 heavy (non-hydrogen) atoms. The molecule has 0 aliphatic carbocycles. The lowest BCUT2D eigenvalue weighted by molar-refractivity contribution is -0.130. The molecule has 3 heteroatoms. The maximum Gasteiger partial charge on any atom is 0.222 e. The van der Waals surface area contributed by atoms with Gasteiger partial charge in [-0.15, -0.1) is 0 Å². The molecule has 0 bridgehead atoms. The summed E-state index contributed by atoms with van der Waals surface area (Å²) in [7, 11) is 1.66. The summed E-state index contributed by atoms with van der Waals surface area (Å²) in [5.41, 5.74) is 1.19. The number of ether oxygens (including phenoxy) is 1. The minimum absolute atomic E-state index is 0.290. The van der Waals surface area contributed by atoms with Gasteiger partial charge in [-0.3, -0.25) is 4.79 Å². The Morgan fingerprint density at radius 2 is 1.88 bits per heavy atom. The molecular formula is C14H19NO2. The highest BCUT2D eigenvalue weighted by Gasteiger charge is 2.17. The fraction of sp³-hybridized carbons (Fsp3) is 0.500. The van der Waals surface area contributed by atoms with Crippen LogP contribution >= 0.6 is 0 Å². The molecule has 0 N–H and O–H groups in total. The molecular weight excluding hydrogens is 214 g/mol. The van der Waals surface area contributed by atoms with E-state index in [1.165, 1.54) is 5.56 Å². The number of carbonyl (C=O) groups excluding carboxylic acids is 1. The second-order valence-corrected chi connectivity index (χ2v) is 4.44. The standard InChI is InChI=1S/C14H19NO2/c1-17-13-7-4-12(5-8-13)6-9-14(16)15-10-2-3-11-15/h4-5,7-8H,2-3,6,9-11H2,1H3. The first kappa shape index (κ1) is 12.0. The van der Waals surface area contributed by atoms with Gasteiger partial charge in [0.05, 0.1) is 7.11 Å². The van der Waals surface area contributed by atoms with Gasteiger partial charge in [-0.1, -0.05) is 12.1 Å². The molecule has 0 aromatic heterocycles. The molecule has 0 atom stereocenters. The second-order valence-electron chi connectivity index (χ2n) is 4.44. The molecule has 0 saturated carbocycles. The number of amides is 1. The smallest absolute Gasteiger partial charge is 0.222 e. The zero-order chi connectivity index (χ0) is 12.1. The van der Waals surface area contributed by atoms with Crippen LogP contribution < -0.4 is 4.74 Å². The Morgan fingerprint density at radius 1 is 1.24 bits per heavy atom. The number of hydrogen-bond donors (Lipinski definition) is 0. The van der Waals surface area contributed by atoms with E-state index in [0.717, 1.165) is 38.1 Å². The Labute approximate surface area is 102 Å². The first-order valence-electron chi connectivity index (χ1n) is 6.20. The summed E-state index contributed by atoms with van der Waals surface area (Å²) in [5.74, 6) is 1.15. The van der Waals surface area contributed by atoms with Gasteiger partial charge >= 0.3 is 0 Å². The van der Waals surface area contributed by atoms with Gasteiger partial charge in [0, 0.05) is 19.5 Å². The molecule has 1 aliphatic heterocycles. The van der Waals surface area contributed by atoms with Crippen molar-refractivity contribution in [2.24, 2.45) is 0 Å². The van der Waals surface area contributed by atoms with Crippen LogP contribution in [0.5, 0.6) is 5.75 Å². The number of aryl methyl sites for hydroxylation is 1. The Kier molecular flexibility index (Phi) is 4.02. The van der Waals surface area contributed by atoms with Crippen LogP contribution in [0.2, 0.25) is 0 Å². The largest absolute Gasteiger partial charge is 0.497 e. The minimum atomic E-state index is 0.290. The predicted octanol–water partition coefficient (Wildman–Crippen LogP) is 2.25. The number of likely N-dealkylation sites (tertiary alicyclic amines) is 1. The maximum absolute atomic E-state index is 11.8. The van der Waals surface area contributed by atoms with E-state index in [1.807, 2.05) is 29.2 Å². The quantitative estimate of drug-likeness (QED) is 0.798. The zero-order valence-electron chi connectivity index (χ0n) is 10.3. The highest BCUT2D eigenvalue weighted by Crippen LogP contribution is 2.14. The molecule has 1 aromatic carbocycles. The molecule has 1 aromatic rings. The van der Waals surface area contributed by atoms with E-state index in [4.69, 9.17) is 4.74 Å². The van der Waals surface area contributed by atoms with Gasteiger partial charge in [0.2, 0.25) is 5.91 Å². The summed E-state index contributed by atoms with van der Waals surface area (Å²) in [6.45, 7) is 1.89. The van der Waals surface area contributed by atoms with E-state index in [0.29, 0.717) is 12.3 Å². The van der Waals surface area contributed by atoms with Crippen LogP contribution in [0.3, 0.4) is 0 Å². The third-order valence-corrected chi connectivity index (χ3v) is 3.25. The summed E-state index contributed by atoms with van der Waals surface area (Å²) >= 11 is 0. The highest BCUT2D eigenvalue weighted by molar-refractivity contribution is 5.76. The highest BCUT2D eigenvalue weighted by atomic mass is 16.5. The van der Waals surface area contributed by atoms with Crippen molar-refractivity contribution in [2.75, 3.05) is 20.2 Å². The van der Waals surface area contributed by atoms with Crippen molar-refractivity contribution in [3.63, 3.8) is 0 Å². The van der Waals surface area contributed by atoms with Gasteiger partial charge in [0.15, 0.2) is 0 Å². The van der Waals surface area contributed by atoms with E-state index in [9.17, 15) is 4.79 Å². The number of hydrogen-bond acceptors (Lipinski definition) is 2. The number of carbonyl (C=O) groups is 1. The predicted molar refractivity (Wildman–Crippen MR) is 67.1 cm³/mol. The molecule has 1 aliphatic rings. The van der Waals surface area contributed by atoms with Crippen molar-refractivity contribution in [1.82, 2.24) is 4.90 Å². The van der Waals surface area contributed by atoms with Gasteiger partial charge in [-0.2, -0.15) is 0 Å². The molecule has 1 amide bonds. The number of benzene rings is 1. The van der Waals surface area contributed by atoms with Crippen LogP contribution in [-0.2, 0) is 11.2 Å². The van der Waals surface area contributed by atoms with E-state index in [1.54, 1.807) is 7.11 Å². The normalized spacial score (nSPS) is 15.0. The lowest BCUT2D eigenvalue weighted by Gasteiger charge is -2.14. The van der Waals surface area contributed by atoms with Crippen LogP contribution in [-0.4, -0.2) is 31.0 Å². The minimum Gasteiger partial charge on any atom is -0.497 e. The van der Waals surface area contributed by atoms with Crippen molar-refractivity contribution >= 4 is 5.91 Å². The summed E-state index contributed by atoms with van der Waals surface area (Å²) in [4.78, 5) is 13.8. The molecule has 1 fully saturated rings. The van der Waals surface area contributed by atoms with Crippen LogP contribution in [0.25, 0.3) is 0 Å². The molecule has 2 rings (SSSR count). The van der Waals surface area contributed by atoms with E-state index in [2.05, 4.69) is 0 Å². The Balaban J connectivity index is 1.82. The topological polar surface area (TPSA) is 29.5 Å². The zero-order valence-corrected chi connectivity index (χ0v) is 10.3. The van der Waals surface area contributed by atoms with E-state index >= 15 is 0 Å². The number of rotatable bonds is 4. The van der Waals surface area contributed by atoms with Crippen molar-refractivity contribution in [3.8, 4) is 5.75 Å². The first-order valence-corrected chi connectivity index (χ1v) is 6.20.